The summed E-state index contributed by atoms with van der Waals surface area (Å²) in [5, 5.41) is 3.84. The topological polar surface area (TPSA) is 105 Å². The van der Waals surface area contributed by atoms with Gasteiger partial charge in [-0.3, -0.25) is 19.1 Å². The van der Waals surface area contributed by atoms with Gasteiger partial charge in [0.1, 0.15) is 6.54 Å². The third-order valence-electron chi connectivity index (χ3n) is 3.64. The average molecular weight is 395 g/mol. The molecular weight excluding hydrogens is 378 g/mol. The molecule has 2 heterocycles. The number of benzene rings is 1. The SMILES string of the molecule is O=C(CN(c1cccnc1)S(=O)(=O)c1ccccc1)N/N=C/c1cccnc1. The molecule has 0 radical (unpaired) electrons. The lowest BCUT2D eigenvalue weighted by Gasteiger charge is -2.23. The summed E-state index contributed by atoms with van der Waals surface area (Å²) >= 11 is 0. The molecule has 3 aromatic rings. The monoisotopic (exact) mass is 395 g/mol. The van der Waals surface area contributed by atoms with Crippen LogP contribution < -0.4 is 9.73 Å². The highest BCUT2D eigenvalue weighted by Crippen LogP contribution is 2.22. The van der Waals surface area contributed by atoms with Crippen LogP contribution in [0.15, 0.2) is 89.4 Å². The van der Waals surface area contributed by atoms with Crippen molar-refractivity contribution in [2.45, 2.75) is 4.90 Å². The van der Waals surface area contributed by atoms with Gasteiger partial charge in [0.05, 0.1) is 23.0 Å². The Morgan fingerprint density at radius 2 is 1.71 bits per heavy atom. The number of nitrogens with zero attached hydrogens (tertiary/aromatic N) is 4. The second kappa shape index (κ2) is 8.87. The Hall–Kier alpha value is -3.59. The number of carbonyl (C=O) groups excluding carboxylic acids is 1. The molecule has 0 saturated heterocycles. The zero-order chi connectivity index (χ0) is 19.8. The molecule has 1 aromatic carbocycles. The van der Waals surface area contributed by atoms with Gasteiger partial charge in [0.2, 0.25) is 0 Å². The summed E-state index contributed by atoms with van der Waals surface area (Å²) in [5.41, 5.74) is 3.30. The highest BCUT2D eigenvalue weighted by Gasteiger charge is 2.27. The van der Waals surface area contributed by atoms with Gasteiger partial charge < -0.3 is 0 Å². The van der Waals surface area contributed by atoms with Crippen molar-refractivity contribution >= 4 is 27.8 Å². The van der Waals surface area contributed by atoms with Gasteiger partial charge in [-0.2, -0.15) is 5.10 Å². The van der Waals surface area contributed by atoms with E-state index in [1.54, 1.807) is 54.9 Å². The maximum atomic E-state index is 13.0. The van der Waals surface area contributed by atoms with E-state index in [4.69, 9.17) is 0 Å². The highest BCUT2D eigenvalue weighted by atomic mass is 32.2. The zero-order valence-electron chi connectivity index (χ0n) is 14.7. The number of aromatic nitrogens is 2. The van der Waals surface area contributed by atoms with Crippen LogP contribution in [0.2, 0.25) is 0 Å². The number of nitrogens with one attached hydrogen (secondary N) is 1. The average Bonchev–Trinajstić information content (AvgIpc) is 2.74. The lowest BCUT2D eigenvalue weighted by atomic mass is 10.3. The van der Waals surface area contributed by atoms with E-state index in [1.165, 1.54) is 30.7 Å². The summed E-state index contributed by atoms with van der Waals surface area (Å²) in [6, 6.07) is 14.6. The maximum absolute atomic E-state index is 13.0. The highest BCUT2D eigenvalue weighted by molar-refractivity contribution is 7.92. The van der Waals surface area contributed by atoms with Gasteiger partial charge in [-0.25, -0.2) is 13.8 Å². The van der Waals surface area contributed by atoms with Gasteiger partial charge >= 0.3 is 0 Å². The standard InChI is InChI=1S/C19H17N5O3S/c25-19(23-22-13-16-6-4-10-20-12-16)15-24(17-7-5-11-21-14-17)28(26,27)18-8-2-1-3-9-18/h1-14H,15H2,(H,23,25)/b22-13+. The van der Waals surface area contributed by atoms with Crippen LogP contribution in [0.5, 0.6) is 0 Å². The Kier molecular flexibility index (Phi) is 6.07. The first-order valence-electron chi connectivity index (χ1n) is 8.27. The van der Waals surface area contributed by atoms with Crippen molar-refractivity contribution < 1.29 is 13.2 Å². The first-order chi connectivity index (χ1) is 13.6. The molecule has 0 spiro atoms. The number of hydrogen-bond donors (Lipinski definition) is 1. The fourth-order valence-corrected chi connectivity index (χ4v) is 3.76. The number of hydrogen-bond acceptors (Lipinski definition) is 6. The summed E-state index contributed by atoms with van der Waals surface area (Å²) in [4.78, 5) is 20.3. The van der Waals surface area contributed by atoms with E-state index >= 15 is 0 Å². The summed E-state index contributed by atoms with van der Waals surface area (Å²) in [7, 11) is -3.96. The molecule has 0 fully saturated rings. The van der Waals surface area contributed by atoms with Gasteiger partial charge in [0.15, 0.2) is 0 Å². The Bertz CT molecular complexity index is 1040. The van der Waals surface area contributed by atoms with Crippen LogP contribution in [-0.4, -0.2) is 37.1 Å². The largest absolute Gasteiger partial charge is 0.271 e. The third kappa shape index (κ3) is 4.77. The first-order valence-corrected chi connectivity index (χ1v) is 9.71. The Labute approximate surface area is 162 Å². The molecule has 0 aliphatic carbocycles. The predicted molar refractivity (Wildman–Crippen MR) is 105 cm³/mol. The number of amides is 1. The number of carbonyl (C=O) groups is 1. The van der Waals surface area contributed by atoms with E-state index in [0.717, 1.165) is 4.31 Å². The molecule has 2 aromatic heterocycles. The summed E-state index contributed by atoms with van der Waals surface area (Å²) in [6.45, 7) is -0.451. The summed E-state index contributed by atoms with van der Waals surface area (Å²) in [5.74, 6) is -0.594. The molecular formula is C19H17N5O3S. The van der Waals surface area contributed by atoms with Crippen LogP contribution in [0.25, 0.3) is 0 Å². The fourth-order valence-electron chi connectivity index (χ4n) is 2.33. The fraction of sp³-hybridized carbons (Fsp3) is 0.0526. The molecule has 0 atom stereocenters. The quantitative estimate of drug-likeness (QED) is 0.485. The Morgan fingerprint density at radius 3 is 2.36 bits per heavy atom. The molecule has 3 rings (SSSR count). The minimum atomic E-state index is -3.96. The molecule has 0 aliphatic heterocycles. The molecule has 142 valence electrons. The minimum Gasteiger partial charge on any atom is -0.271 e. The molecule has 1 amide bonds. The van der Waals surface area contributed by atoms with Crippen molar-refractivity contribution in [2.24, 2.45) is 5.10 Å². The molecule has 1 N–H and O–H groups in total. The Morgan fingerprint density at radius 1 is 1.00 bits per heavy atom. The number of rotatable bonds is 7. The number of anilines is 1. The van der Waals surface area contributed by atoms with Crippen molar-refractivity contribution in [1.82, 2.24) is 15.4 Å². The second-order valence-electron chi connectivity index (χ2n) is 5.62. The predicted octanol–water partition coefficient (Wildman–Crippen LogP) is 1.82. The van der Waals surface area contributed by atoms with Crippen molar-refractivity contribution in [3.63, 3.8) is 0 Å². The molecule has 0 saturated carbocycles. The smallest absolute Gasteiger partial charge is 0.264 e. The van der Waals surface area contributed by atoms with E-state index in [1.807, 2.05) is 0 Å². The second-order valence-corrected chi connectivity index (χ2v) is 7.48. The van der Waals surface area contributed by atoms with Gasteiger partial charge in [-0.1, -0.05) is 24.3 Å². The third-order valence-corrected chi connectivity index (χ3v) is 5.43. The van der Waals surface area contributed by atoms with Gasteiger partial charge in [-0.15, -0.1) is 0 Å². The van der Waals surface area contributed by atoms with Gasteiger partial charge in [0.25, 0.3) is 15.9 Å². The van der Waals surface area contributed by atoms with E-state index < -0.39 is 22.5 Å². The normalized spacial score (nSPS) is 11.3. The minimum absolute atomic E-state index is 0.0746. The van der Waals surface area contributed by atoms with Crippen molar-refractivity contribution in [2.75, 3.05) is 10.8 Å². The van der Waals surface area contributed by atoms with Crippen molar-refractivity contribution in [3.05, 3.63) is 84.9 Å². The van der Waals surface area contributed by atoms with Gasteiger partial charge in [0, 0.05) is 24.2 Å². The Balaban J connectivity index is 1.80. The molecule has 9 heteroatoms. The van der Waals surface area contributed by atoms with Crippen LogP contribution in [0.4, 0.5) is 5.69 Å². The van der Waals surface area contributed by atoms with E-state index in [0.29, 0.717) is 5.56 Å². The van der Waals surface area contributed by atoms with Gasteiger partial charge in [-0.05, 0) is 30.3 Å². The molecule has 8 nitrogen and oxygen atoms in total. The molecule has 0 unspecified atom stereocenters. The van der Waals surface area contributed by atoms with Crippen molar-refractivity contribution in [1.29, 1.82) is 0 Å². The van der Waals surface area contributed by atoms with E-state index in [-0.39, 0.29) is 10.6 Å². The lowest BCUT2D eigenvalue weighted by molar-refractivity contribution is -0.119. The van der Waals surface area contributed by atoms with Crippen LogP contribution in [0, 0.1) is 0 Å². The zero-order valence-corrected chi connectivity index (χ0v) is 15.5. The van der Waals surface area contributed by atoms with Crippen LogP contribution in [0.3, 0.4) is 0 Å². The van der Waals surface area contributed by atoms with Crippen molar-refractivity contribution in [3.8, 4) is 0 Å². The molecule has 0 bridgehead atoms. The lowest BCUT2D eigenvalue weighted by Crippen LogP contribution is -2.39. The van der Waals surface area contributed by atoms with Crippen LogP contribution in [-0.2, 0) is 14.8 Å². The number of pyridine rings is 2. The maximum Gasteiger partial charge on any atom is 0.264 e. The van der Waals surface area contributed by atoms with E-state index in [9.17, 15) is 13.2 Å². The van der Waals surface area contributed by atoms with Crippen LogP contribution in [0.1, 0.15) is 5.56 Å². The number of sulfonamides is 1. The van der Waals surface area contributed by atoms with E-state index in [2.05, 4.69) is 20.5 Å². The van der Waals surface area contributed by atoms with Crippen LogP contribution >= 0.6 is 0 Å². The summed E-state index contributed by atoms with van der Waals surface area (Å²) < 4.78 is 27.1. The summed E-state index contributed by atoms with van der Waals surface area (Å²) in [6.07, 6.45) is 7.53. The molecule has 0 aliphatic rings. The first kappa shape index (κ1) is 19.2. The number of hydrazone groups is 1. The molecule has 28 heavy (non-hydrogen) atoms.